The number of carbonyl (C=O) groups is 1. The Bertz CT molecular complexity index is 103. The van der Waals surface area contributed by atoms with E-state index in [1.807, 2.05) is 12.3 Å². The van der Waals surface area contributed by atoms with Crippen LogP contribution in [0.25, 0.3) is 0 Å². The fourth-order valence-corrected chi connectivity index (χ4v) is 0.189. The largest absolute Gasteiger partial charge is 0.280 e. The van der Waals surface area contributed by atoms with Crippen LogP contribution in [0.1, 0.15) is 6.92 Å². The van der Waals surface area contributed by atoms with E-state index in [4.69, 9.17) is 0 Å². The van der Waals surface area contributed by atoms with Gasteiger partial charge in [0.2, 0.25) is 6.41 Å². The summed E-state index contributed by atoms with van der Waals surface area (Å²) in [5, 5.41) is 8.44. The number of hydrogen-bond acceptors (Lipinski definition) is 3. The molecule has 0 aliphatic heterocycles. The summed E-state index contributed by atoms with van der Waals surface area (Å²) in [5.74, 6) is 0. The predicted octanol–water partition coefficient (Wildman–Crippen LogP) is -0.0337. The molecule has 0 unspecified atom stereocenters. The van der Waals surface area contributed by atoms with E-state index < -0.39 is 0 Å². The van der Waals surface area contributed by atoms with Gasteiger partial charge in [-0.2, -0.15) is 0 Å². The van der Waals surface area contributed by atoms with Crippen molar-refractivity contribution in [2.75, 3.05) is 13.6 Å². The standard InChI is InChI=1S/C4H10N4O/c1-3-8(2)7-6-5-4-9/h4H,3H2,1-2H3,(H,5,7,9). The monoisotopic (exact) mass is 130 g/mol. The summed E-state index contributed by atoms with van der Waals surface area (Å²) in [5.41, 5.74) is 2.05. The SMILES string of the molecule is CCN(C)/N=N\NC=O. The Morgan fingerprint density at radius 3 is 2.89 bits per heavy atom. The summed E-state index contributed by atoms with van der Waals surface area (Å²) in [6.45, 7) is 2.70. The van der Waals surface area contributed by atoms with Gasteiger partial charge in [-0.05, 0) is 12.1 Å². The lowest BCUT2D eigenvalue weighted by Crippen LogP contribution is -2.10. The Balaban J connectivity index is 3.31. The quantitative estimate of drug-likeness (QED) is 0.330. The zero-order chi connectivity index (χ0) is 7.11. The minimum atomic E-state index is 0.465. The maximum absolute atomic E-state index is 9.59. The summed E-state index contributed by atoms with van der Waals surface area (Å²) in [7, 11) is 1.76. The van der Waals surface area contributed by atoms with Crippen LogP contribution in [0.4, 0.5) is 0 Å². The minimum absolute atomic E-state index is 0.465. The highest BCUT2D eigenvalue weighted by atomic mass is 16.1. The van der Waals surface area contributed by atoms with Crippen LogP contribution in [0.5, 0.6) is 0 Å². The van der Waals surface area contributed by atoms with Crippen molar-refractivity contribution < 1.29 is 4.79 Å². The third-order valence-corrected chi connectivity index (χ3v) is 0.765. The van der Waals surface area contributed by atoms with Gasteiger partial charge in [0.05, 0.1) is 0 Å². The van der Waals surface area contributed by atoms with Gasteiger partial charge in [0.25, 0.3) is 0 Å². The molecule has 1 N–H and O–H groups in total. The van der Waals surface area contributed by atoms with Gasteiger partial charge in [-0.25, -0.2) is 5.43 Å². The lowest BCUT2D eigenvalue weighted by molar-refractivity contribution is -0.109. The number of hydrogen-bond donors (Lipinski definition) is 1. The first-order valence-electron chi connectivity index (χ1n) is 2.62. The van der Waals surface area contributed by atoms with Crippen LogP contribution in [0.2, 0.25) is 0 Å². The fraction of sp³-hybridized carbons (Fsp3) is 0.750. The molecule has 0 fully saturated rings. The summed E-state index contributed by atoms with van der Waals surface area (Å²) in [6, 6.07) is 0. The number of carbonyl (C=O) groups excluding carboxylic acids is 1. The molecule has 0 saturated heterocycles. The molecular formula is C4H10N4O. The topological polar surface area (TPSA) is 57.1 Å². The van der Waals surface area contributed by atoms with E-state index >= 15 is 0 Å². The molecule has 0 aliphatic carbocycles. The highest BCUT2D eigenvalue weighted by Gasteiger charge is 1.81. The van der Waals surface area contributed by atoms with Gasteiger partial charge in [0.1, 0.15) is 0 Å². The average Bonchev–Trinajstić information content (AvgIpc) is 1.89. The molecular weight excluding hydrogens is 120 g/mol. The van der Waals surface area contributed by atoms with Crippen molar-refractivity contribution in [3.8, 4) is 0 Å². The van der Waals surface area contributed by atoms with Crippen LogP contribution in [-0.2, 0) is 4.79 Å². The molecule has 5 nitrogen and oxygen atoms in total. The molecule has 0 rings (SSSR count). The van der Waals surface area contributed by atoms with Gasteiger partial charge in [-0.3, -0.25) is 9.80 Å². The van der Waals surface area contributed by atoms with Crippen molar-refractivity contribution in [2.45, 2.75) is 6.92 Å². The first kappa shape index (κ1) is 7.87. The lowest BCUT2D eigenvalue weighted by Gasteiger charge is -2.04. The molecule has 0 aromatic rings. The van der Waals surface area contributed by atoms with Crippen molar-refractivity contribution in [2.24, 2.45) is 10.4 Å². The van der Waals surface area contributed by atoms with E-state index in [2.05, 4.69) is 10.4 Å². The van der Waals surface area contributed by atoms with Crippen molar-refractivity contribution in [1.82, 2.24) is 10.4 Å². The smallest absolute Gasteiger partial charge is 0.228 e. The Kier molecular flexibility index (Phi) is 4.39. The van der Waals surface area contributed by atoms with E-state index in [0.29, 0.717) is 6.41 Å². The van der Waals surface area contributed by atoms with Crippen LogP contribution in [-0.4, -0.2) is 25.0 Å². The van der Waals surface area contributed by atoms with Crippen LogP contribution in [0.3, 0.4) is 0 Å². The maximum Gasteiger partial charge on any atom is 0.228 e. The van der Waals surface area contributed by atoms with Gasteiger partial charge >= 0.3 is 0 Å². The Morgan fingerprint density at radius 1 is 1.78 bits per heavy atom. The maximum atomic E-state index is 9.59. The molecule has 0 bridgehead atoms. The van der Waals surface area contributed by atoms with Crippen LogP contribution in [0.15, 0.2) is 10.4 Å². The molecule has 0 saturated carbocycles. The normalized spacial score (nSPS) is 9.56. The number of nitrogens with zero attached hydrogens (tertiary/aromatic N) is 3. The van der Waals surface area contributed by atoms with Crippen LogP contribution < -0.4 is 5.43 Å². The fourth-order valence-electron chi connectivity index (χ4n) is 0.189. The summed E-state index contributed by atoms with van der Waals surface area (Å²) in [4.78, 5) is 9.59. The molecule has 0 aromatic carbocycles. The highest BCUT2D eigenvalue weighted by Crippen LogP contribution is 1.79. The summed E-state index contributed by atoms with van der Waals surface area (Å²) in [6.07, 6.45) is 0.465. The highest BCUT2D eigenvalue weighted by molar-refractivity contribution is 5.44. The van der Waals surface area contributed by atoms with Gasteiger partial charge in [0.15, 0.2) is 0 Å². The number of amides is 1. The Labute approximate surface area is 53.7 Å². The molecule has 52 valence electrons. The van der Waals surface area contributed by atoms with Crippen molar-refractivity contribution in [1.29, 1.82) is 0 Å². The molecule has 0 aromatic heterocycles. The molecule has 0 radical (unpaired) electrons. The Hall–Kier alpha value is -1.13. The van der Waals surface area contributed by atoms with Crippen molar-refractivity contribution >= 4 is 6.41 Å². The van der Waals surface area contributed by atoms with E-state index in [9.17, 15) is 4.79 Å². The summed E-state index contributed by atoms with van der Waals surface area (Å²) < 4.78 is 0. The van der Waals surface area contributed by atoms with Crippen LogP contribution >= 0.6 is 0 Å². The van der Waals surface area contributed by atoms with E-state index in [-0.39, 0.29) is 0 Å². The zero-order valence-electron chi connectivity index (χ0n) is 5.53. The summed E-state index contributed by atoms with van der Waals surface area (Å²) >= 11 is 0. The van der Waals surface area contributed by atoms with Gasteiger partial charge in [0, 0.05) is 13.6 Å². The molecule has 1 amide bonds. The van der Waals surface area contributed by atoms with Gasteiger partial charge in [-0.15, -0.1) is 0 Å². The van der Waals surface area contributed by atoms with Gasteiger partial charge < -0.3 is 0 Å². The van der Waals surface area contributed by atoms with Crippen molar-refractivity contribution in [3.63, 3.8) is 0 Å². The van der Waals surface area contributed by atoms with E-state index in [1.54, 1.807) is 12.1 Å². The third kappa shape index (κ3) is 4.73. The van der Waals surface area contributed by atoms with Gasteiger partial charge in [-0.1, -0.05) is 5.22 Å². The number of nitrogens with one attached hydrogen (secondary N) is 1. The molecule has 0 aliphatic rings. The minimum Gasteiger partial charge on any atom is -0.280 e. The average molecular weight is 130 g/mol. The van der Waals surface area contributed by atoms with E-state index in [1.165, 1.54) is 0 Å². The third-order valence-electron chi connectivity index (χ3n) is 0.765. The zero-order valence-corrected chi connectivity index (χ0v) is 5.53. The van der Waals surface area contributed by atoms with E-state index in [0.717, 1.165) is 6.54 Å². The molecule has 9 heavy (non-hydrogen) atoms. The van der Waals surface area contributed by atoms with Crippen LogP contribution in [0, 0.1) is 0 Å². The molecule has 0 spiro atoms. The lowest BCUT2D eigenvalue weighted by atomic mass is 10.8. The molecule has 0 atom stereocenters. The number of rotatable bonds is 4. The first-order valence-corrected chi connectivity index (χ1v) is 2.62. The molecule has 0 heterocycles. The van der Waals surface area contributed by atoms with Crippen molar-refractivity contribution in [3.05, 3.63) is 0 Å². The molecule has 5 heteroatoms. The second kappa shape index (κ2) is 5.02. The first-order chi connectivity index (χ1) is 4.31. The Morgan fingerprint density at radius 2 is 2.44 bits per heavy atom. The second-order valence-corrected chi connectivity index (χ2v) is 1.41. The second-order valence-electron chi connectivity index (χ2n) is 1.41. The predicted molar refractivity (Wildman–Crippen MR) is 32.4 cm³/mol.